The number of hydrogen-bond acceptors (Lipinski definition) is 3. The van der Waals surface area contributed by atoms with E-state index < -0.39 is 0 Å². The molecule has 1 aliphatic heterocycles. The van der Waals surface area contributed by atoms with Crippen LogP contribution in [0.5, 0.6) is 5.75 Å². The zero-order chi connectivity index (χ0) is 13.0. The molecule has 1 aliphatic rings. The van der Waals surface area contributed by atoms with Crippen LogP contribution in [-0.4, -0.2) is 44.9 Å². The van der Waals surface area contributed by atoms with E-state index in [1.807, 2.05) is 18.2 Å². The van der Waals surface area contributed by atoms with Crippen molar-refractivity contribution in [2.75, 3.05) is 40.0 Å². The Morgan fingerprint density at radius 1 is 1.42 bits per heavy atom. The number of alkyl halides is 1. The quantitative estimate of drug-likeness (QED) is 0.901. The zero-order valence-corrected chi connectivity index (χ0v) is 13.3. The van der Waals surface area contributed by atoms with Crippen molar-refractivity contribution in [1.29, 1.82) is 0 Å². The predicted molar refractivity (Wildman–Crippen MR) is 81.1 cm³/mol. The Hall–Kier alpha value is -0.360. The SMILES string of the molecule is COc1ccc(Br)c([C@@H](CF)N2CCNCC2)c1.Cl. The van der Waals surface area contributed by atoms with Crippen molar-refractivity contribution in [3.8, 4) is 5.75 Å². The Bertz CT molecular complexity index is 402. The third-order valence-corrected chi connectivity index (χ3v) is 4.02. The Morgan fingerprint density at radius 2 is 2.11 bits per heavy atom. The first kappa shape index (κ1) is 16.7. The minimum absolute atomic E-state index is 0. The van der Waals surface area contributed by atoms with E-state index in [4.69, 9.17) is 4.74 Å². The van der Waals surface area contributed by atoms with Gasteiger partial charge >= 0.3 is 0 Å². The third kappa shape index (κ3) is 4.05. The molecule has 1 saturated heterocycles. The molecule has 6 heteroatoms. The lowest BCUT2D eigenvalue weighted by molar-refractivity contribution is 0.147. The molecular formula is C13H19BrClFN2O. The van der Waals surface area contributed by atoms with Gasteiger partial charge in [0.15, 0.2) is 0 Å². The highest BCUT2D eigenvalue weighted by atomic mass is 79.9. The van der Waals surface area contributed by atoms with Crippen LogP contribution in [0.25, 0.3) is 0 Å². The summed E-state index contributed by atoms with van der Waals surface area (Å²) in [6, 6.07) is 5.51. The van der Waals surface area contributed by atoms with Gasteiger partial charge in [0, 0.05) is 30.7 Å². The molecule has 2 rings (SSSR count). The molecule has 1 N–H and O–H groups in total. The van der Waals surface area contributed by atoms with Gasteiger partial charge in [0.1, 0.15) is 12.4 Å². The van der Waals surface area contributed by atoms with Crippen molar-refractivity contribution in [2.24, 2.45) is 0 Å². The lowest BCUT2D eigenvalue weighted by Gasteiger charge is -2.34. The number of rotatable bonds is 4. The summed E-state index contributed by atoms with van der Waals surface area (Å²) in [6.45, 7) is 3.19. The molecule has 0 spiro atoms. The second-order valence-corrected chi connectivity index (χ2v) is 5.20. The molecule has 1 heterocycles. The number of halogens is 3. The molecule has 0 unspecified atom stereocenters. The molecule has 19 heavy (non-hydrogen) atoms. The minimum Gasteiger partial charge on any atom is -0.497 e. The summed E-state index contributed by atoms with van der Waals surface area (Å²) in [5, 5.41) is 3.28. The van der Waals surface area contributed by atoms with Gasteiger partial charge in [0.25, 0.3) is 0 Å². The summed E-state index contributed by atoms with van der Waals surface area (Å²) in [6.07, 6.45) is 0. The van der Waals surface area contributed by atoms with Crippen molar-refractivity contribution in [2.45, 2.75) is 6.04 Å². The normalized spacial score (nSPS) is 17.6. The van der Waals surface area contributed by atoms with Crippen molar-refractivity contribution in [3.63, 3.8) is 0 Å². The predicted octanol–water partition coefficient (Wildman–Crippen LogP) is 2.80. The van der Waals surface area contributed by atoms with Gasteiger partial charge in [0.05, 0.1) is 13.2 Å². The summed E-state index contributed by atoms with van der Waals surface area (Å²) in [4.78, 5) is 2.18. The minimum atomic E-state index is -0.383. The van der Waals surface area contributed by atoms with E-state index in [1.165, 1.54) is 0 Å². The highest BCUT2D eigenvalue weighted by Gasteiger charge is 2.24. The molecule has 1 aromatic rings. The first-order valence-corrected chi connectivity index (χ1v) is 6.89. The Kier molecular flexibility index (Phi) is 7.07. The maximum Gasteiger partial charge on any atom is 0.119 e. The number of nitrogens with zero attached hydrogens (tertiary/aromatic N) is 1. The van der Waals surface area contributed by atoms with Crippen LogP contribution in [0.2, 0.25) is 0 Å². The summed E-state index contributed by atoms with van der Waals surface area (Å²) < 4.78 is 19.6. The second-order valence-electron chi connectivity index (χ2n) is 4.34. The van der Waals surface area contributed by atoms with Crippen LogP contribution in [0.4, 0.5) is 4.39 Å². The number of methoxy groups -OCH3 is 1. The highest BCUT2D eigenvalue weighted by molar-refractivity contribution is 9.10. The lowest BCUT2D eigenvalue weighted by atomic mass is 10.1. The second kappa shape index (κ2) is 8.04. The van der Waals surface area contributed by atoms with E-state index in [-0.39, 0.29) is 25.1 Å². The topological polar surface area (TPSA) is 24.5 Å². The van der Waals surface area contributed by atoms with Gasteiger partial charge in [-0.05, 0) is 23.8 Å². The van der Waals surface area contributed by atoms with Gasteiger partial charge < -0.3 is 10.1 Å². The largest absolute Gasteiger partial charge is 0.497 e. The number of ether oxygens (including phenoxy) is 1. The maximum absolute atomic E-state index is 13.4. The molecule has 0 bridgehead atoms. The summed E-state index contributed by atoms with van der Waals surface area (Å²) in [5.41, 5.74) is 0.957. The van der Waals surface area contributed by atoms with Crippen LogP contribution in [0.1, 0.15) is 11.6 Å². The fourth-order valence-electron chi connectivity index (χ4n) is 2.28. The van der Waals surface area contributed by atoms with Gasteiger partial charge in [-0.3, -0.25) is 4.90 Å². The van der Waals surface area contributed by atoms with Crippen LogP contribution < -0.4 is 10.1 Å². The van der Waals surface area contributed by atoms with Crippen LogP contribution >= 0.6 is 28.3 Å². The summed E-state index contributed by atoms with van der Waals surface area (Å²) >= 11 is 3.50. The Morgan fingerprint density at radius 3 is 2.68 bits per heavy atom. The first-order chi connectivity index (χ1) is 8.76. The molecule has 0 amide bonds. The molecule has 0 aliphatic carbocycles. The Balaban J connectivity index is 0.00000180. The average Bonchev–Trinajstić information content (AvgIpc) is 2.43. The molecule has 108 valence electrons. The lowest BCUT2D eigenvalue weighted by Crippen LogP contribution is -2.45. The standard InChI is InChI=1S/C13H18BrFN2O.ClH/c1-18-10-2-3-12(14)11(8-10)13(9-15)17-6-4-16-5-7-17;/h2-3,8,13,16H,4-7,9H2,1H3;1H/t13-;/m1./s1. The van der Waals surface area contributed by atoms with E-state index in [1.54, 1.807) is 7.11 Å². The molecule has 1 aromatic carbocycles. The zero-order valence-electron chi connectivity index (χ0n) is 10.9. The van der Waals surface area contributed by atoms with Gasteiger partial charge in [-0.15, -0.1) is 12.4 Å². The fourth-order valence-corrected chi connectivity index (χ4v) is 2.79. The third-order valence-electron chi connectivity index (χ3n) is 3.30. The maximum atomic E-state index is 13.4. The van der Waals surface area contributed by atoms with Gasteiger partial charge in [-0.1, -0.05) is 15.9 Å². The summed E-state index contributed by atoms with van der Waals surface area (Å²) in [7, 11) is 1.63. The molecule has 0 saturated carbocycles. The fraction of sp³-hybridized carbons (Fsp3) is 0.538. The van der Waals surface area contributed by atoms with Crippen LogP contribution in [0.3, 0.4) is 0 Å². The molecule has 3 nitrogen and oxygen atoms in total. The smallest absolute Gasteiger partial charge is 0.119 e. The number of piperazine rings is 1. The molecule has 1 fully saturated rings. The highest BCUT2D eigenvalue weighted by Crippen LogP contribution is 2.31. The van der Waals surface area contributed by atoms with Crippen molar-refractivity contribution >= 4 is 28.3 Å². The first-order valence-electron chi connectivity index (χ1n) is 6.10. The molecule has 0 radical (unpaired) electrons. The van der Waals surface area contributed by atoms with Gasteiger partial charge in [-0.25, -0.2) is 4.39 Å². The number of hydrogen-bond donors (Lipinski definition) is 1. The average molecular weight is 354 g/mol. The van der Waals surface area contributed by atoms with Gasteiger partial charge in [-0.2, -0.15) is 0 Å². The molecular weight excluding hydrogens is 335 g/mol. The summed E-state index contributed by atoms with van der Waals surface area (Å²) in [5.74, 6) is 0.766. The number of benzene rings is 1. The van der Waals surface area contributed by atoms with E-state index in [9.17, 15) is 4.39 Å². The molecule has 0 aromatic heterocycles. The number of nitrogens with one attached hydrogen (secondary N) is 1. The van der Waals surface area contributed by atoms with Crippen LogP contribution in [-0.2, 0) is 0 Å². The van der Waals surface area contributed by atoms with Crippen molar-refractivity contribution in [1.82, 2.24) is 10.2 Å². The van der Waals surface area contributed by atoms with E-state index in [0.717, 1.165) is 42.0 Å². The van der Waals surface area contributed by atoms with E-state index >= 15 is 0 Å². The molecule has 1 atom stereocenters. The van der Waals surface area contributed by atoms with Gasteiger partial charge in [0.2, 0.25) is 0 Å². The van der Waals surface area contributed by atoms with Crippen LogP contribution in [0.15, 0.2) is 22.7 Å². The Labute approximate surface area is 128 Å². The van der Waals surface area contributed by atoms with E-state index in [0.29, 0.717) is 0 Å². The van der Waals surface area contributed by atoms with Crippen molar-refractivity contribution < 1.29 is 9.13 Å². The monoisotopic (exact) mass is 352 g/mol. The van der Waals surface area contributed by atoms with Crippen LogP contribution in [0, 0.1) is 0 Å². The van der Waals surface area contributed by atoms with E-state index in [2.05, 4.69) is 26.1 Å². The van der Waals surface area contributed by atoms with Crippen molar-refractivity contribution in [3.05, 3.63) is 28.2 Å².